The van der Waals surface area contributed by atoms with Gasteiger partial charge < -0.3 is 5.11 Å². The standard InChI is InChI=1S/C10H13NO3S/c12-10-6-2-1-5-9(10)11-7-3-4-8-15(11,13)14/h1-2,5-6,12H,3-4,7-8H2. The van der Waals surface area contributed by atoms with Gasteiger partial charge in [0, 0.05) is 6.54 Å². The highest BCUT2D eigenvalue weighted by atomic mass is 32.2. The maximum absolute atomic E-state index is 11.7. The van der Waals surface area contributed by atoms with Crippen LogP contribution in [0.2, 0.25) is 0 Å². The van der Waals surface area contributed by atoms with Gasteiger partial charge in [-0.3, -0.25) is 4.31 Å². The molecular weight excluding hydrogens is 214 g/mol. The van der Waals surface area contributed by atoms with E-state index in [-0.39, 0.29) is 11.5 Å². The molecule has 1 saturated heterocycles. The summed E-state index contributed by atoms with van der Waals surface area (Å²) in [6.45, 7) is 0.458. The van der Waals surface area contributed by atoms with Crippen molar-refractivity contribution in [3.63, 3.8) is 0 Å². The van der Waals surface area contributed by atoms with E-state index in [9.17, 15) is 13.5 Å². The predicted molar refractivity (Wildman–Crippen MR) is 58.5 cm³/mol. The van der Waals surface area contributed by atoms with Gasteiger partial charge in [0.1, 0.15) is 5.75 Å². The number of hydrogen-bond donors (Lipinski definition) is 1. The first-order valence-electron chi connectivity index (χ1n) is 4.90. The van der Waals surface area contributed by atoms with Crippen molar-refractivity contribution in [2.24, 2.45) is 0 Å². The number of sulfonamides is 1. The van der Waals surface area contributed by atoms with Crippen molar-refractivity contribution < 1.29 is 13.5 Å². The molecule has 0 saturated carbocycles. The van der Waals surface area contributed by atoms with Crippen LogP contribution in [0.15, 0.2) is 24.3 Å². The molecule has 0 unspecified atom stereocenters. The van der Waals surface area contributed by atoms with Crippen LogP contribution in [0.5, 0.6) is 5.75 Å². The molecule has 1 heterocycles. The monoisotopic (exact) mass is 227 g/mol. The summed E-state index contributed by atoms with van der Waals surface area (Å²) >= 11 is 0. The Hall–Kier alpha value is -1.23. The fraction of sp³-hybridized carbons (Fsp3) is 0.400. The molecule has 1 fully saturated rings. The van der Waals surface area contributed by atoms with Crippen molar-refractivity contribution in [3.8, 4) is 5.75 Å². The highest BCUT2D eigenvalue weighted by Crippen LogP contribution is 2.30. The van der Waals surface area contributed by atoms with Gasteiger partial charge in [0.05, 0.1) is 11.4 Å². The molecule has 0 aliphatic carbocycles. The molecule has 15 heavy (non-hydrogen) atoms. The minimum Gasteiger partial charge on any atom is -0.506 e. The Balaban J connectivity index is 2.42. The van der Waals surface area contributed by atoms with Gasteiger partial charge in [-0.25, -0.2) is 8.42 Å². The number of hydrogen-bond acceptors (Lipinski definition) is 3. The number of anilines is 1. The van der Waals surface area contributed by atoms with Crippen LogP contribution in [0.3, 0.4) is 0 Å². The largest absolute Gasteiger partial charge is 0.506 e. The van der Waals surface area contributed by atoms with E-state index in [1.165, 1.54) is 10.4 Å². The second kappa shape index (κ2) is 3.73. The topological polar surface area (TPSA) is 57.6 Å². The summed E-state index contributed by atoms with van der Waals surface area (Å²) in [6, 6.07) is 6.52. The predicted octanol–water partition coefficient (Wildman–Crippen LogP) is 1.32. The number of nitrogens with zero attached hydrogens (tertiary/aromatic N) is 1. The molecule has 5 heteroatoms. The molecule has 0 aromatic heterocycles. The van der Waals surface area contributed by atoms with Crippen LogP contribution in [0.25, 0.3) is 0 Å². The van der Waals surface area contributed by atoms with E-state index in [0.717, 1.165) is 6.42 Å². The number of para-hydroxylation sites is 2. The molecule has 0 bridgehead atoms. The Morgan fingerprint density at radius 3 is 2.60 bits per heavy atom. The van der Waals surface area contributed by atoms with Gasteiger partial charge in [-0.15, -0.1) is 0 Å². The lowest BCUT2D eigenvalue weighted by Gasteiger charge is -2.28. The van der Waals surface area contributed by atoms with E-state index in [1.807, 2.05) is 0 Å². The highest BCUT2D eigenvalue weighted by molar-refractivity contribution is 7.92. The normalized spacial score (nSPS) is 20.1. The molecule has 0 amide bonds. The third kappa shape index (κ3) is 1.92. The SMILES string of the molecule is O=S1(=O)CCCCN1c1ccccc1O. The molecule has 82 valence electrons. The van der Waals surface area contributed by atoms with E-state index in [2.05, 4.69) is 0 Å². The zero-order valence-corrected chi connectivity index (χ0v) is 9.07. The molecule has 1 aromatic carbocycles. The summed E-state index contributed by atoms with van der Waals surface area (Å²) < 4.78 is 24.8. The van der Waals surface area contributed by atoms with Crippen LogP contribution in [-0.4, -0.2) is 25.8 Å². The minimum atomic E-state index is -3.23. The van der Waals surface area contributed by atoms with Crippen LogP contribution in [0, 0.1) is 0 Å². The zero-order valence-electron chi connectivity index (χ0n) is 8.26. The first kappa shape index (κ1) is 10.3. The number of benzene rings is 1. The number of aromatic hydroxyl groups is 1. The number of phenols is 1. The van der Waals surface area contributed by atoms with Crippen molar-refractivity contribution in [2.45, 2.75) is 12.8 Å². The van der Waals surface area contributed by atoms with E-state index in [1.54, 1.807) is 18.2 Å². The quantitative estimate of drug-likeness (QED) is 0.787. The summed E-state index contributed by atoms with van der Waals surface area (Å²) in [5, 5.41) is 9.59. The molecule has 4 nitrogen and oxygen atoms in total. The van der Waals surface area contributed by atoms with Crippen molar-refractivity contribution in [3.05, 3.63) is 24.3 Å². The van der Waals surface area contributed by atoms with Gasteiger partial charge in [-0.1, -0.05) is 12.1 Å². The van der Waals surface area contributed by atoms with Crippen molar-refractivity contribution in [1.82, 2.24) is 0 Å². The van der Waals surface area contributed by atoms with Gasteiger partial charge in [0.15, 0.2) is 0 Å². The Bertz CT molecular complexity index is 455. The Labute approximate surface area is 89.2 Å². The fourth-order valence-electron chi connectivity index (χ4n) is 1.73. The van der Waals surface area contributed by atoms with Gasteiger partial charge in [-0.05, 0) is 25.0 Å². The van der Waals surface area contributed by atoms with Crippen molar-refractivity contribution in [1.29, 1.82) is 0 Å². The molecule has 0 spiro atoms. The molecule has 0 atom stereocenters. The second-order valence-corrected chi connectivity index (χ2v) is 5.60. The first-order chi connectivity index (χ1) is 7.11. The first-order valence-corrected chi connectivity index (χ1v) is 6.50. The van der Waals surface area contributed by atoms with Crippen LogP contribution < -0.4 is 4.31 Å². The Morgan fingerprint density at radius 1 is 1.20 bits per heavy atom. The summed E-state index contributed by atoms with van der Waals surface area (Å²) in [5.41, 5.74) is 0.386. The van der Waals surface area contributed by atoms with Crippen LogP contribution in [0.4, 0.5) is 5.69 Å². The van der Waals surface area contributed by atoms with Gasteiger partial charge in [0.2, 0.25) is 10.0 Å². The summed E-state index contributed by atoms with van der Waals surface area (Å²) in [5.74, 6) is 0.185. The van der Waals surface area contributed by atoms with Crippen LogP contribution in [-0.2, 0) is 10.0 Å². The molecular formula is C10H13NO3S. The fourth-order valence-corrected chi connectivity index (χ4v) is 3.39. The van der Waals surface area contributed by atoms with E-state index >= 15 is 0 Å². The van der Waals surface area contributed by atoms with Crippen molar-refractivity contribution >= 4 is 15.7 Å². The van der Waals surface area contributed by atoms with Gasteiger partial charge >= 0.3 is 0 Å². The van der Waals surface area contributed by atoms with E-state index < -0.39 is 10.0 Å². The molecule has 1 aliphatic rings. The average molecular weight is 227 g/mol. The van der Waals surface area contributed by atoms with Gasteiger partial charge in [0.25, 0.3) is 0 Å². The molecule has 1 aliphatic heterocycles. The lowest BCUT2D eigenvalue weighted by atomic mass is 10.2. The molecule has 0 radical (unpaired) electrons. The number of phenolic OH excluding ortho intramolecular Hbond substituents is 1. The summed E-state index contributed by atoms with van der Waals surface area (Å²) in [7, 11) is -3.23. The summed E-state index contributed by atoms with van der Waals surface area (Å²) in [4.78, 5) is 0. The maximum atomic E-state index is 11.7. The van der Waals surface area contributed by atoms with Crippen LogP contribution >= 0.6 is 0 Å². The van der Waals surface area contributed by atoms with E-state index in [4.69, 9.17) is 0 Å². The lowest BCUT2D eigenvalue weighted by Crippen LogP contribution is -2.37. The highest BCUT2D eigenvalue weighted by Gasteiger charge is 2.27. The molecule has 1 aromatic rings. The van der Waals surface area contributed by atoms with Gasteiger partial charge in [-0.2, -0.15) is 0 Å². The summed E-state index contributed by atoms with van der Waals surface area (Å²) in [6.07, 6.45) is 1.54. The zero-order chi connectivity index (χ0) is 10.9. The third-order valence-electron chi connectivity index (χ3n) is 2.50. The van der Waals surface area contributed by atoms with Crippen molar-refractivity contribution in [2.75, 3.05) is 16.6 Å². The molecule has 2 rings (SSSR count). The average Bonchev–Trinajstić information content (AvgIpc) is 2.19. The second-order valence-electron chi connectivity index (χ2n) is 3.58. The smallest absolute Gasteiger partial charge is 0.235 e. The molecule has 1 N–H and O–H groups in total. The minimum absolute atomic E-state index is 0.0166. The Kier molecular flexibility index (Phi) is 2.56. The number of rotatable bonds is 1. The Morgan fingerprint density at radius 2 is 1.93 bits per heavy atom. The third-order valence-corrected chi connectivity index (χ3v) is 4.36. The van der Waals surface area contributed by atoms with Crippen LogP contribution in [0.1, 0.15) is 12.8 Å². The maximum Gasteiger partial charge on any atom is 0.235 e. The van der Waals surface area contributed by atoms with E-state index in [0.29, 0.717) is 18.7 Å². The lowest BCUT2D eigenvalue weighted by molar-refractivity contribution is 0.474.